The van der Waals surface area contributed by atoms with Crippen LogP contribution >= 0.6 is 0 Å². The van der Waals surface area contributed by atoms with Gasteiger partial charge in [-0.1, -0.05) is 67.8 Å². The number of amides is 2. The van der Waals surface area contributed by atoms with E-state index < -0.39 is 28.5 Å². The Balaban J connectivity index is 1.74. The number of ether oxygens (including phenoxy) is 1. The zero-order chi connectivity index (χ0) is 30.3. The number of carbonyl (C=O) groups excluding carboxylic acids is 2. The van der Waals surface area contributed by atoms with Gasteiger partial charge in [0.15, 0.2) is 0 Å². The van der Waals surface area contributed by atoms with Crippen LogP contribution < -0.4 is 14.4 Å². The van der Waals surface area contributed by atoms with Gasteiger partial charge in [-0.05, 0) is 68.5 Å². The summed E-state index contributed by atoms with van der Waals surface area (Å²) in [5, 5.41) is 3.15. The standard InChI is InChI=1S/C33H41N3O5S/c1-5-31(33(38)34-27-13-8-9-14-27)35(22-26-12-7-6-11-25(26)3)32(37)23-36(28-15-10-16-29(21-28)41-4)42(39,40)30-19-17-24(2)18-20-30/h6-7,10-12,15-21,27,31H,5,8-9,13-14,22-23H2,1-4H3,(H,34,38)/t31-/m1/s1. The number of aryl methyl sites for hydroxylation is 2. The first-order valence-corrected chi connectivity index (χ1v) is 16.0. The number of sulfonamides is 1. The summed E-state index contributed by atoms with van der Waals surface area (Å²) in [5.41, 5.74) is 3.09. The second-order valence-electron chi connectivity index (χ2n) is 10.9. The predicted molar refractivity (Wildman–Crippen MR) is 165 cm³/mol. The number of benzene rings is 3. The van der Waals surface area contributed by atoms with Crippen LogP contribution in [0, 0.1) is 13.8 Å². The molecule has 224 valence electrons. The molecule has 0 saturated heterocycles. The van der Waals surface area contributed by atoms with Crippen LogP contribution in [0.15, 0.2) is 77.7 Å². The Labute approximate surface area is 249 Å². The van der Waals surface area contributed by atoms with Gasteiger partial charge >= 0.3 is 0 Å². The van der Waals surface area contributed by atoms with Gasteiger partial charge in [0.05, 0.1) is 17.7 Å². The van der Waals surface area contributed by atoms with E-state index in [2.05, 4.69) is 5.32 Å². The number of carbonyl (C=O) groups is 2. The van der Waals surface area contributed by atoms with Crippen molar-refractivity contribution in [2.45, 2.75) is 76.4 Å². The topological polar surface area (TPSA) is 96.0 Å². The van der Waals surface area contributed by atoms with Crippen LogP contribution in [0.5, 0.6) is 5.75 Å². The van der Waals surface area contributed by atoms with Crippen molar-refractivity contribution < 1.29 is 22.7 Å². The van der Waals surface area contributed by atoms with Crippen LogP contribution in [0.4, 0.5) is 5.69 Å². The first kappa shape index (κ1) is 31.1. The minimum atomic E-state index is -4.15. The number of hydrogen-bond acceptors (Lipinski definition) is 5. The molecule has 1 aliphatic rings. The van der Waals surface area contributed by atoms with Gasteiger partial charge in [0.1, 0.15) is 18.3 Å². The van der Waals surface area contributed by atoms with E-state index in [1.54, 1.807) is 36.4 Å². The van der Waals surface area contributed by atoms with Crippen molar-refractivity contribution in [3.05, 3.63) is 89.5 Å². The largest absolute Gasteiger partial charge is 0.497 e. The maximum atomic E-state index is 14.3. The van der Waals surface area contributed by atoms with Crippen molar-refractivity contribution in [2.75, 3.05) is 18.0 Å². The Morgan fingerprint density at radius 3 is 2.31 bits per heavy atom. The highest BCUT2D eigenvalue weighted by molar-refractivity contribution is 7.92. The molecule has 0 unspecified atom stereocenters. The number of rotatable bonds is 12. The van der Waals surface area contributed by atoms with Crippen LogP contribution in [-0.2, 0) is 26.2 Å². The molecule has 1 saturated carbocycles. The lowest BCUT2D eigenvalue weighted by molar-refractivity contribution is -0.140. The lowest BCUT2D eigenvalue weighted by Crippen LogP contribution is -2.53. The maximum Gasteiger partial charge on any atom is 0.264 e. The van der Waals surface area contributed by atoms with Gasteiger partial charge < -0.3 is 15.0 Å². The zero-order valence-electron chi connectivity index (χ0n) is 24.9. The molecule has 1 atom stereocenters. The Bertz CT molecular complexity index is 1480. The molecule has 3 aromatic carbocycles. The van der Waals surface area contributed by atoms with Gasteiger partial charge in [-0.2, -0.15) is 0 Å². The van der Waals surface area contributed by atoms with Crippen molar-refractivity contribution in [3.8, 4) is 5.75 Å². The lowest BCUT2D eigenvalue weighted by Gasteiger charge is -2.34. The summed E-state index contributed by atoms with van der Waals surface area (Å²) in [6, 6.07) is 20.2. The molecule has 0 bridgehead atoms. The third kappa shape index (κ3) is 7.31. The molecule has 3 aromatic rings. The highest BCUT2D eigenvalue weighted by Crippen LogP contribution is 2.28. The lowest BCUT2D eigenvalue weighted by atomic mass is 10.1. The summed E-state index contributed by atoms with van der Waals surface area (Å²) < 4.78 is 34.6. The van der Waals surface area contributed by atoms with Crippen LogP contribution in [0.25, 0.3) is 0 Å². The minimum absolute atomic E-state index is 0.0696. The van der Waals surface area contributed by atoms with Gasteiger partial charge in [-0.3, -0.25) is 13.9 Å². The average Bonchev–Trinajstić information content (AvgIpc) is 3.49. The fourth-order valence-corrected chi connectivity index (χ4v) is 6.80. The molecule has 2 amide bonds. The molecule has 0 radical (unpaired) electrons. The second kappa shape index (κ2) is 13.9. The number of nitrogens with one attached hydrogen (secondary N) is 1. The molecule has 1 N–H and O–H groups in total. The molecular formula is C33H41N3O5S. The van der Waals surface area contributed by atoms with Gasteiger partial charge in [0.2, 0.25) is 11.8 Å². The first-order chi connectivity index (χ1) is 20.1. The first-order valence-electron chi connectivity index (χ1n) is 14.5. The average molecular weight is 592 g/mol. The summed E-state index contributed by atoms with van der Waals surface area (Å²) in [6.07, 6.45) is 4.37. The van der Waals surface area contributed by atoms with Crippen LogP contribution in [-0.4, -0.2) is 50.9 Å². The molecule has 0 aromatic heterocycles. The summed E-state index contributed by atoms with van der Waals surface area (Å²) in [7, 11) is -2.65. The normalized spacial score (nSPS) is 14.3. The van der Waals surface area contributed by atoms with Gasteiger partial charge in [0.25, 0.3) is 10.0 Å². The van der Waals surface area contributed by atoms with Crippen LogP contribution in [0.1, 0.15) is 55.7 Å². The molecule has 1 aliphatic carbocycles. The van der Waals surface area contributed by atoms with Crippen molar-refractivity contribution in [2.24, 2.45) is 0 Å². The Hall–Kier alpha value is -3.85. The van der Waals surface area contributed by atoms with E-state index >= 15 is 0 Å². The minimum Gasteiger partial charge on any atom is -0.497 e. The van der Waals surface area contributed by atoms with Crippen LogP contribution in [0.3, 0.4) is 0 Å². The molecule has 0 aliphatic heterocycles. The molecular weight excluding hydrogens is 550 g/mol. The monoisotopic (exact) mass is 591 g/mol. The third-order valence-corrected chi connectivity index (χ3v) is 9.71. The number of hydrogen-bond donors (Lipinski definition) is 1. The van der Waals surface area contributed by atoms with Crippen molar-refractivity contribution >= 4 is 27.5 Å². The Morgan fingerprint density at radius 1 is 0.976 bits per heavy atom. The number of nitrogens with zero attached hydrogens (tertiary/aromatic N) is 2. The van der Waals surface area contributed by atoms with E-state index in [4.69, 9.17) is 4.74 Å². The fourth-order valence-electron chi connectivity index (χ4n) is 5.39. The molecule has 8 nitrogen and oxygen atoms in total. The molecule has 9 heteroatoms. The molecule has 4 rings (SSSR count). The summed E-state index contributed by atoms with van der Waals surface area (Å²) >= 11 is 0. The predicted octanol–water partition coefficient (Wildman–Crippen LogP) is 5.37. The van der Waals surface area contributed by atoms with E-state index in [0.717, 1.165) is 46.7 Å². The van der Waals surface area contributed by atoms with E-state index in [0.29, 0.717) is 17.9 Å². The zero-order valence-corrected chi connectivity index (χ0v) is 25.7. The highest BCUT2D eigenvalue weighted by atomic mass is 32.2. The van der Waals surface area contributed by atoms with Crippen LogP contribution in [0.2, 0.25) is 0 Å². The highest BCUT2D eigenvalue weighted by Gasteiger charge is 2.34. The number of anilines is 1. The van der Waals surface area contributed by atoms with Crippen molar-refractivity contribution in [1.82, 2.24) is 10.2 Å². The third-order valence-electron chi connectivity index (χ3n) is 7.92. The van der Waals surface area contributed by atoms with Gasteiger partial charge in [0, 0.05) is 18.7 Å². The van der Waals surface area contributed by atoms with Gasteiger partial charge in [-0.15, -0.1) is 0 Å². The van der Waals surface area contributed by atoms with Crippen molar-refractivity contribution in [1.29, 1.82) is 0 Å². The SMILES string of the molecule is CC[C@H](C(=O)NC1CCCC1)N(Cc1ccccc1C)C(=O)CN(c1cccc(OC)c1)S(=O)(=O)c1ccc(C)cc1. The Morgan fingerprint density at radius 2 is 1.67 bits per heavy atom. The summed E-state index contributed by atoms with van der Waals surface area (Å²) in [5.74, 6) is -0.214. The van der Waals surface area contributed by atoms with Crippen molar-refractivity contribution in [3.63, 3.8) is 0 Å². The summed E-state index contributed by atoms with van der Waals surface area (Å²) in [6.45, 7) is 5.41. The second-order valence-corrected chi connectivity index (χ2v) is 12.8. The Kier molecular flexibility index (Phi) is 10.3. The molecule has 1 fully saturated rings. The smallest absolute Gasteiger partial charge is 0.264 e. The van der Waals surface area contributed by atoms with E-state index in [-0.39, 0.29) is 23.4 Å². The molecule has 42 heavy (non-hydrogen) atoms. The molecule has 0 heterocycles. The van der Waals surface area contributed by atoms with Gasteiger partial charge in [-0.25, -0.2) is 8.42 Å². The van der Waals surface area contributed by atoms with E-state index in [1.807, 2.05) is 45.0 Å². The fraction of sp³-hybridized carbons (Fsp3) is 0.394. The quantitative estimate of drug-likeness (QED) is 0.305. The van der Waals surface area contributed by atoms with E-state index in [9.17, 15) is 18.0 Å². The van der Waals surface area contributed by atoms with E-state index in [1.165, 1.54) is 24.1 Å². The molecule has 0 spiro atoms. The summed E-state index contributed by atoms with van der Waals surface area (Å²) in [4.78, 5) is 29.5. The maximum absolute atomic E-state index is 14.3. The number of methoxy groups -OCH3 is 1.